The van der Waals surface area contributed by atoms with Gasteiger partial charge in [0.1, 0.15) is 29.9 Å². The summed E-state index contributed by atoms with van der Waals surface area (Å²) in [6.45, 7) is 0.0906. The molecule has 6 rings (SSSR count). The lowest BCUT2D eigenvalue weighted by molar-refractivity contribution is -0.147. The SMILES string of the molecule is O=C(N[C@@H](Cc1cccc(OS(=O)(=O)c2ccccc2)c1)C(=O)OCc1ccccc1)OCC1c2ccccc2-c2ccccc21. The monoisotopic (exact) mass is 633 g/mol. The zero-order valence-electron chi connectivity index (χ0n) is 24.7. The third-order valence-corrected chi connectivity index (χ3v) is 8.98. The third-order valence-electron chi connectivity index (χ3n) is 7.72. The summed E-state index contributed by atoms with van der Waals surface area (Å²) >= 11 is 0. The fourth-order valence-corrected chi connectivity index (χ4v) is 6.47. The van der Waals surface area contributed by atoms with Gasteiger partial charge in [0.25, 0.3) is 0 Å². The zero-order chi connectivity index (χ0) is 31.9. The van der Waals surface area contributed by atoms with E-state index in [-0.39, 0.29) is 36.2 Å². The number of alkyl carbamates (subject to hydrolysis) is 1. The molecule has 232 valence electrons. The second kappa shape index (κ2) is 13.7. The number of benzene rings is 5. The van der Waals surface area contributed by atoms with Crippen LogP contribution in [-0.2, 0) is 37.4 Å². The zero-order valence-corrected chi connectivity index (χ0v) is 25.6. The quantitative estimate of drug-likeness (QED) is 0.128. The number of rotatable bonds is 11. The highest BCUT2D eigenvalue weighted by atomic mass is 32.2. The van der Waals surface area contributed by atoms with Crippen LogP contribution in [0.15, 0.2) is 138 Å². The Morgan fingerprint density at radius 1 is 0.674 bits per heavy atom. The molecule has 1 aliphatic carbocycles. The predicted octanol–water partition coefficient (Wildman–Crippen LogP) is 6.65. The molecule has 46 heavy (non-hydrogen) atoms. The number of hydrogen-bond acceptors (Lipinski definition) is 7. The molecule has 0 bridgehead atoms. The minimum atomic E-state index is -4.07. The van der Waals surface area contributed by atoms with Gasteiger partial charge in [0.05, 0.1) is 0 Å². The van der Waals surface area contributed by atoms with E-state index in [0.717, 1.165) is 27.8 Å². The molecule has 1 aliphatic rings. The minimum Gasteiger partial charge on any atom is -0.459 e. The molecule has 0 radical (unpaired) electrons. The molecule has 0 unspecified atom stereocenters. The van der Waals surface area contributed by atoms with Gasteiger partial charge in [0.2, 0.25) is 0 Å². The molecule has 0 saturated carbocycles. The Hall–Kier alpha value is -5.41. The van der Waals surface area contributed by atoms with E-state index < -0.39 is 28.2 Å². The van der Waals surface area contributed by atoms with Crippen LogP contribution in [-0.4, -0.2) is 33.1 Å². The van der Waals surface area contributed by atoms with Gasteiger partial charge in [-0.3, -0.25) is 0 Å². The number of carbonyl (C=O) groups is 2. The molecule has 0 spiro atoms. The van der Waals surface area contributed by atoms with Crippen molar-refractivity contribution in [3.63, 3.8) is 0 Å². The molecular weight excluding hydrogens is 602 g/mol. The maximum Gasteiger partial charge on any atom is 0.407 e. The molecule has 9 heteroatoms. The smallest absolute Gasteiger partial charge is 0.407 e. The highest BCUT2D eigenvalue weighted by Crippen LogP contribution is 2.44. The van der Waals surface area contributed by atoms with E-state index in [9.17, 15) is 18.0 Å². The lowest BCUT2D eigenvalue weighted by Gasteiger charge is -2.20. The summed E-state index contributed by atoms with van der Waals surface area (Å²) in [4.78, 5) is 26.5. The first kappa shape index (κ1) is 30.6. The number of carbonyl (C=O) groups excluding carboxylic acids is 2. The van der Waals surface area contributed by atoms with Crippen LogP contribution in [0, 0.1) is 0 Å². The van der Waals surface area contributed by atoms with Crippen molar-refractivity contribution >= 4 is 22.2 Å². The van der Waals surface area contributed by atoms with Crippen LogP contribution < -0.4 is 9.50 Å². The molecule has 0 fully saturated rings. The lowest BCUT2D eigenvalue weighted by Crippen LogP contribution is -2.43. The number of hydrogen-bond donors (Lipinski definition) is 1. The van der Waals surface area contributed by atoms with Crippen LogP contribution in [0.4, 0.5) is 4.79 Å². The predicted molar refractivity (Wildman–Crippen MR) is 173 cm³/mol. The van der Waals surface area contributed by atoms with Crippen molar-refractivity contribution in [1.82, 2.24) is 5.32 Å². The van der Waals surface area contributed by atoms with Crippen LogP contribution in [0.2, 0.25) is 0 Å². The number of esters is 1. The Morgan fingerprint density at radius 2 is 1.26 bits per heavy atom. The van der Waals surface area contributed by atoms with Crippen molar-refractivity contribution in [2.75, 3.05) is 6.61 Å². The van der Waals surface area contributed by atoms with Crippen LogP contribution in [0.25, 0.3) is 11.1 Å². The molecule has 1 N–H and O–H groups in total. The third kappa shape index (κ3) is 7.11. The van der Waals surface area contributed by atoms with Crippen molar-refractivity contribution in [3.8, 4) is 16.9 Å². The van der Waals surface area contributed by atoms with Crippen LogP contribution in [0.1, 0.15) is 28.2 Å². The van der Waals surface area contributed by atoms with Crippen molar-refractivity contribution in [2.24, 2.45) is 0 Å². The number of ether oxygens (including phenoxy) is 2. The first-order valence-corrected chi connectivity index (χ1v) is 16.2. The lowest BCUT2D eigenvalue weighted by atomic mass is 9.98. The Bertz CT molecular complexity index is 1900. The van der Waals surface area contributed by atoms with Crippen molar-refractivity contribution < 1.29 is 31.7 Å². The van der Waals surface area contributed by atoms with E-state index in [0.29, 0.717) is 5.56 Å². The van der Waals surface area contributed by atoms with Gasteiger partial charge in [0, 0.05) is 12.3 Å². The summed E-state index contributed by atoms with van der Waals surface area (Å²) in [7, 11) is -4.07. The van der Waals surface area contributed by atoms with E-state index in [2.05, 4.69) is 17.4 Å². The summed E-state index contributed by atoms with van der Waals surface area (Å²) in [5, 5.41) is 2.67. The van der Waals surface area contributed by atoms with Gasteiger partial charge in [-0.2, -0.15) is 8.42 Å². The molecule has 5 aromatic carbocycles. The highest BCUT2D eigenvalue weighted by molar-refractivity contribution is 7.87. The number of fused-ring (bicyclic) bond motifs is 3. The van der Waals surface area contributed by atoms with Gasteiger partial charge in [-0.25, -0.2) is 9.59 Å². The average molecular weight is 634 g/mol. The fraction of sp³-hybridized carbons (Fsp3) is 0.135. The molecule has 5 aromatic rings. The first-order chi connectivity index (χ1) is 22.4. The summed E-state index contributed by atoms with van der Waals surface area (Å²) in [6, 6.07) is 38.2. The van der Waals surface area contributed by atoms with E-state index in [1.165, 1.54) is 24.3 Å². The normalized spacial score (nSPS) is 12.8. The highest BCUT2D eigenvalue weighted by Gasteiger charge is 2.30. The molecule has 0 saturated heterocycles. The van der Waals surface area contributed by atoms with Gasteiger partial charge in [-0.05, 0) is 57.6 Å². The van der Waals surface area contributed by atoms with E-state index in [4.69, 9.17) is 13.7 Å². The minimum absolute atomic E-state index is 0.000400. The van der Waals surface area contributed by atoms with Gasteiger partial charge < -0.3 is 19.0 Å². The molecule has 1 atom stereocenters. The second-order valence-electron chi connectivity index (χ2n) is 10.8. The first-order valence-electron chi connectivity index (χ1n) is 14.8. The number of nitrogens with one attached hydrogen (secondary N) is 1. The molecule has 8 nitrogen and oxygen atoms in total. The standard InChI is InChI=1S/C37H31NO7S/c39-36(43-24-26-12-3-1-4-13-26)35(23-27-14-11-15-28(22-27)45-46(41,42)29-16-5-2-6-17-29)38-37(40)44-25-34-32-20-9-7-18-30(32)31-19-8-10-21-33(31)34/h1-22,34-35H,23-25H2,(H,38,40)/t35-/m0/s1. The second-order valence-corrected chi connectivity index (χ2v) is 12.4. The Balaban J connectivity index is 1.17. The Kier molecular flexibility index (Phi) is 9.12. The van der Waals surface area contributed by atoms with E-state index >= 15 is 0 Å². The average Bonchev–Trinajstić information content (AvgIpc) is 3.40. The molecule has 0 aliphatic heterocycles. The summed E-state index contributed by atoms with van der Waals surface area (Å²) in [5.74, 6) is -0.749. The molecule has 1 amide bonds. The van der Waals surface area contributed by atoms with Gasteiger partial charge in [0.15, 0.2) is 0 Å². The maximum absolute atomic E-state index is 13.3. The van der Waals surface area contributed by atoms with Gasteiger partial charge >= 0.3 is 22.2 Å². The molecule has 0 heterocycles. The van der Waals surface area contributed by atoms with Crippen molar-refractivity contribution in [2.45, 2.75) is 29.9 Å². The van der Waals surface area contributed by atoms with Crippen LogP contribution in [0.5, 0.6) is 5.75 Å². The summed E-state index contributed by atoms with van der Waals surface area (Å²) in [6.07, 6.45) is -0.775. The summed E-state index contributed by atoms with van der Waals surface area (Å²) < 4.78 is 42.2. The maximum atomic E-state index is 13.3. The number of amides is 1. The topological polar surface area (TPSA) is 108 Å². The van der Waals surface area contributed by atoms with Crippen molar-refractivity contribution in [1.29, 1.82) is 0 Å². The molecule has 0 aromatic heterocycles. The molecular formula is C37H31NO7S. The Labute approximate surface area is 267 Å². The van der Waals surface area contributed by atoms with Crippen molar-refractivity contribution in [3.05, 3.63) is 156 Å². The van der Waals surface area contributed by atoms with Crippen LogP contribution in [0.3, 0.4) is 0 Å². The van der Waals surface area contributed by atoms with E-state index in [1.807, 2.05) is 66.7 Å². The Morgan fingerprint density at radius 3 is 1.93 bits per heavy atom. The van der Waals surface area contributed by atoms with Gasteiger partial charge in [-0.1, -0.05) is 109 Å². The van der Waals surface area contributed by atoms with Gasteiger partial charge in [-0.15, -0.1) is 0 Å². The summed E-state index contributed by atoms with van der Waals surface area (Å²) in [5.41, 5.74) is 5.67. The largest absolute Gasteiger partial charge is 0.459 e. The van der Waals surface area contributed by atoms with Crippen LogP contribution >= 0.6 is 0 Å². The fourth-order valence-electron chi connectivity index (χ4n) is 5.53. The van der Waals surface area contributed by atoms with E-state index in [1.54, 1.807) is 30.3 Å².